The third-order valence-electron chi connectivity index (χ3n) is 2.39. The third kappa shape index (κ3) is 4.42. The molecule has 0 aliphatic heterocycles. The molecular weight excluding hydrogens is 305 g/mol. The fourth-order valence-electron chi connectivity index (χ4n) is 1.48. The maximum absolute atomic E-state index is 12.6. The molecule has 0 aliphatic rings. The number of hydrazone groups is 1. The average Bonchev–Trinajstić information content (AvgIpc) is 2.39. The first-order valence-electron chi connectivity index (χ1n) is 5.82. The number of nitrogens with one attached hydrogen (secondary N) is 1. The van der Waals surface area contributed by atoms with Crippen LogP contribution in [0.1, 0.15) is 17.0 Å². The van der Waals surface area contributed by atoms with E-state index in [2.05, 4.69) is 20.5 Å². The molecule has 110 valence electrons. The SMILES string of the molecule is Cc1cc(C(F)(F)F)nc(N/N=C/c2ccc(Cl)cc2)n1. The van der Waals surface area contributed by atoms with Gasteiger partial charge in [0, 0.05) is 10.7 Å². The lowest BCUT2D eigenvalue weighted by Crippen LogP contribution is -2.11. The summed E-state index contributed by atoms with van der Waals surface area (Å²) in [5.41, 5.74) is 2.29. The van der Waals surface area contributed by atoms with E-state index in [0.717, 1.165) is 11.6 Å². The zero-order valence-corrected chi connectivity index (χ0v) is 11.6. The van der Waals surface area contributed by atoms with Gasteiger partial charge < -0.3 is 0 Å². The largest absolute Gasteiger partial charge is 0.433 e. The lowest BCUT2D eigenvalue weighted by Gasteiger charge is -2.07. The predicted molar refractivity (Wildman–Crippen MR) is 74.4 cm³/mol. The van der Waals surface area contributed by atoms with Crippen molar-refractivity contribution in [1.82, 2.24) is 9.97 Å². The van der Waals surface area contributed by atoms with Crippen LogP contribution < -0.4 is 5.43 Å². The van der Waals surface area contributed by atoms with Crippen LogP contribution in [0.15, 0.2) is 35.4 Å². The van der Waals surface area contributed by atoms with Gasteiger partial charge in [0.05, 0.1) is 6.21 Å². The van der Waals surface area contributed by atoms with Gasteiger partial charge in [-0.2, -0.15) is 18.3 Å². The van der Waals surface area contributed by atoms with Crippen molar-refractivity contribution in [1.29, 1.82) is 0 Å². The Hall–Kier alpha value is -2.15. The van der Waals surface area contributed by atoms with Gasteiger partial charge in [-0.15, -0.1) is 0 Å². The zero-order valence-electron chi connectivity index (χ0n) is 10.8. The molecule has 0 spiro atoms. The molecular formula is C13H10ClF3N4. The Labute approximate surface area is 123 Å². The topological polar surface area (TPSA) is 50.2 Å². The van der Waals surface area contributed by atoms with E-state index in [-0.39, 0.29) is 11.6 Å². The van der Waals surface area contributed by atoms with Crippen LogP contribution in [0.5, 0.6) is 0 Å². The van der Waals surface area contributed by atoms with Gasteiger partial charge in [-0.1, -0.05) is 23.7 Å². The third-order valence-corrected chi connectivity index (χ3v) is 2.64. The van der Waals surface area contributed by atoms with Crippen LogP contribution in [0.2, 0.25) is 5.02 Å². The number of alkyl halides is 3. The normalized spacial score (nSPS) is 11.9. The van der Waals surface area contributed by atoms with Gasteiger partial charge in [0.2, 0.25) is 5.95 Å². The maximum atomic E-state index is 12.6. The van der Waals surface area contributed by atoms with E-state index in [1.54, 1.807) is 24.3 Å². The molecule has 0 saturated heterocycles. The summed E-state index contributed by atoms with van der Waals surface area (Å²) in [5.74, 6) is -0.215. The van der Waals surface area contributed by atoms with Crippen LogP contribution in [0, 0.1) is 6.92 Å². The first-order valence-corrected chi connectivity index (χ1v) is 6.20. The Balaban J connectivity index is 2.13. The summed E-state index contributed by atoms with van der Waals surface area (Å²) in [4.78, 5) is 7.20. The second-order valence-corrected chi connectivity index (χ2v) is 4.57. The molecule has 0 saturated carbocycles. The predicted octanol–water partition coefficient (Wildman–Crippen LogP) is 3.90. The van der Waals surface area contributed by atoms with Crippen molar-refractivity contribution in [3.05, 3.63) is 52.3 Å². The van der Waals surface area contributed by atoms with E-state index < -0.39 is 11.9 Å². The highest BCUT2D eigenvalue weighted by atomic mass is 35.5. The first-order chi connectivity index (χ1) is 9.84. The molecule has 0 fully saturated rings. The van der Waals surface area contributed by atoms with Gasteiger partial charge >= 0.3 is 6.18 Å². The summed E-state index contributed by atoms with van der Waals surface area (Å²) < 4.78 is 37.8. The van der Waals surface area contributed by atoms with Crippen LogP contribution in [-0.4, -0.2) is 16.2 Å². The molecule has 1 heterocycles. The van der Waals surface area contributed by atoms with Gasteiger partial charge in [0.25, 0.3) is 0 Å². The van der Waals surface area contributed by atoms with E-state index in [9.17, 15) is 13.2 Å². The lowest BCUT2D eigenvalue weighted by atomic mass is 10.2. The quantitative estimate of drug-likeness (QED) is 0.690. The maximum Gasteiger partial charge on any atom is 0.433 e. The van der Waals surface area contributed by atoms with Gasteiger partial charge in [-0.25, -0.2) is 15.4 Å². The van der Waals surface area contributed by atoms with Crippen molar-refractivity contribution in [3.63, 3.8) is 0 Å². The standard InChI is InChI=1S/C13H10ClF3N4/c1-8-6-11(13(15,16)17)20-12(19-8)21-18-7-9-2-4-10(14)5-3-9/h2-7H,1H3,(H,19,20,21)/b18-7+. The minimum absolute atomic E-state index is 0.196. The molecule has 1 aromatic carbocycles. The molecule has 2 aromatic rings. The Bertz CT molecular complexity index is 653. The molecule has 0 amide bonds. The summed E-state index contributed by atoms with van der Waals surface area (Å²) in [7, 11) is 0. The fraction of sp³-hybridized carbons (Fsp3) is 0.154. The van der Waals surface area contributed by atoms with Crippen molar-refractivity contribution in [3.8, 4) is 0 Å². The van der Waals surface area contributed by atoms with Crippen molar-refractivity contribution in [2.45, 2.75) is 13.1 Å². The zero-order chi connectivity index (χ0) is 15.5. The number of aryl methyl sites for hydroxylation is 1. The number of hydrogen-bond donors (Lipinski definition) is 1. The molecule has 21 heavy (non-hydrogen) atoms. The summed E-state index contributed by atoms with van der Waals surface area (Å²) >= 11 is 5.73. The Morgan fingerprint density at radius 1 is 1.19 bits per heavy atom. The van der Waals surface area contributed by atoms with Crippen molar-refractivity contribution < 1.29 is 13.2 Å². The molecule has 0 radical (unpaired) electrons. The number of hydrogen-bond acceptors (Lipinski definition) is 4. The number of rotatable bonds is 3. The van der Waals surface area contributed by atoms with Gasteiger partial charge in [-0.05, 0) is 30.7 Å². The number of halogens is 4. The highest BCUT2D eigenvalue weighted by Crippen LogP contribution is 2.28. The second-order valence-electron chi connectivity index (χ2n) is 4.14. The molecule has 1 N–H and O–H groups in total. The van der Waals surface area contributed by atoms with E-state index in [1.807, 2.05) is 0 Å². The smallest absolute Gasteiger partial charge is 0.245 e. The summed E-state index contributed by atoms with van der Waals surface area (Å²) in [5, 5.41) is 4.38. The van der Waals surface area contributed by atoms with Crippen LogP contribution in [0.3, 0.4) is 0 Å². The molecule has 0 bridgehead atoms. The summed E-state index contributed by atoms with van der Waals surface area (Å²) in [6.07, 6.45) is -3.10. The van der Waals surface area contributed by atoms with Crippen LogP contribution >= 0.6 is 11.6 Å². The summed E-state index contributed by atoms with van der Waals surface area (Å²) in [6, 6.07) is 7.65. The Morgan fingerprint density at radius 3 is 2.48 bits per heavy atom. The van der Waals surface area contributed by atoms with Crippen LogP contribution in [0.4, 0.5) is 19.1 Å². The number of nitrogens with zero attached hydrogens (tertiary/aromatic N) is 3. The lowest BCUT2D eigenvalue weighted by molar-refractivity contribution is -0.141. The van der Waals surface area contributed by atoms with Crippen molar-refractivity contribution in [2.24, 2.45) is 5.10 Å². The van der Waals surface area contributed by atoms with E-state index >= 15 is 0 Å². The summed E-state index contributed by atoms with van der Waals surface area (Å²) in [6.45, 7) is 1.45. The van der Waals surface area contributed by atoms with E-state index in [1.165, 1.54) is 13.1 Å². The second kappa shape index (κ2) is 6.09. The van der Waals surface area contributed by atoms with Gasteiger partial charge in [-0.3, -0.25) is 0 Å². The van der Waals surface area contributed by atoms with Crippen LogP contribution in [0.25, 0.3) is 0 Å². The molecule has 0 atom stereocenters. The molecule has 8 heteroatoms. The molecule has 4 nitrogen and oxygen atoms in total. The fourth-order valence-corrected chi connectivity index (χ4v) is 1.60. The number of aromatic nitrogens is 2. The average molecular weight is 315 g/mol. The highest BCUT2D eigenvalue weighted by molar-refractivity contribution is 6.30. The van der Waals surface area contributed by atoms with Gasteiger partial charge in [0.1, 0.15) is 5.69 Å². The monoisotopic (exact) mass is 314 g/mol. The van der Waals surface area contributed by atoms with Gasteiger partial charge in [0.15, 0.2) is 0 Å². The van der Waals surface area contributed by atoms with E-state index in [0.29, 0.717) is 5.02 Å². The minimum Gasteiger partial charge on any atom is -0.245 e. The van der Waals surface area contributed by atoms with Crippen molar-refractivity contribution in [2.75, 3.05) is 5.43 Å². The number of benzene rings is 1. The molecule has 1 aromatic heterocycles. The Morgan fingerprint density at radius 2 is 1.86 bits per heavy atom. The van der Waals surface area contributed by atoms with Crippen LogP contribution in [-0.2, 0) is 6.18 Å². The molecule has 0 unspecified atom stereocenters. The number of anilines is 1. The Kier molecular flexibility index (Phi) is 4.42. The first kappa shape index (κ1) is 15.2. The minimum atomic E-state index is -4.52. The molecule has 2 rings (SSSR count). The molecule has 0 aliphatic carbocycles. The van der Waals surface area contributed by atoms with E-state index in [4.69, 9.17) is 11.6 Å². The highest BCUT2D eigenvalue weighted by Gasteiger charge is 2.33. The van der Waals surface area contributed by atoms with Crippen molar-refractivity contribution >= 4 is 23.8 Å².